The van der Waals surface area contributed by atoms with E-state index in [1.807, 2.05) is 37.3 Å². The number of carbonyl (C=O) groups excluding carboxylic acids is 2. The van der Waals surface area contributed by atoms with Gasteiger partial charge in [-0.25, -0.2) is 0 Å². The van der Waals surface area contributed by atoms with Crippen molar-refractivity contribution in [2.45, 2.75) is 26.8 Å². The number of carbonyl (C=O) groups is 2. The predicted molar refractivity (Wildman–Crippen MR) is 119 cm³/mol. The van der Waals surface area contributed by atoms with Crippen molar-refractivity contribution >= 4 is 33.4 Å². The lowest BCUT2D eigenvalue weighted by molar-refractivity contribution is -0.143. The van der Waals surface area contributed by atoms with Crippen LogP contribution in [0.3, 0.4) is 0 Å². The van der Waals surface area contributed by atoms with E-state index in [4.69, 9.17) is 18.9 Å². The van der Waals surface area contributed by atoms with Crippen molar-refractivity contribution in [2.24, 2.45) is 4.99 Å². The van der Waals surface area contributed by atoms with Crippen LogP contribution in [-0.4, -0.2) is 43.4 Å². The molecule has 32 heavy (non-hydrogen) atoms. The van der Waals surface area contributed by atoms with E-state index in [0.717, 1.165) is 27.1 Å². The zero-order valence-electron chi connectivity index (χ0n) is 18.2. The highest BCUT2D eigenvalue weighted by atomic mass is 32.1. The van der Waals surface area contributed by atoms with Gasteiger partial charge in [0.1, 0.15) is 25.5 Å². The Hall–Kier alpha value is -3.33. The lowest BCUT2D eigenvalue weighted by atomic mass is 10.1. The molecule has 3 aromatic rings. The first-order valence-corrected chi connectivity index (χ1v) is 11.1. The third kappa shape index (κ3) is 4.62. The molecule has 0 unspecified atom stereocenters. The van der Waals surface area contributed by atoms with Gasteiger partial charge in [0, 0.05) is 12.1 Å². The maximum Gasteiger partial charge on any atom is 0.326 e. The quantitative estimate of drug-likeness (QED) is 0.530. The number of thiazole rings is 1. The minimum atomic E-state index is -0.401. The van der Waals surface area contributed by atoms with E-state index in [1.54, 1.807) is 18.6 Å². The van der Waals surface area contributed by atoms with Crippen LogP contribution in [0.25, 0.3) is 10.2 Å². The van der Waals surface area contributed by atoms with Crippen molar-refractivity contribution in [3.8, 4) is 17.2 Å². The van der Waals surface area contributed by atoms with Crippen LogP contribution in [0.2, 0.25) is 0 Å². The SMILES string of the molecule is CCOC(=O)Cn1c(=NC(=O)Cc2ccc(OC)c(C)c2)sc2cc3c(cc21)OCCO3. The standard InChI is InChI=1S/C23H24N2O6S/c1-4-29-22(27)13-25-16-11-18-19(31-8-7-30-18)12-20(16)32-23(25)24-21(26)10-15-5-6-17(28-3)14(2)9-15/h5-6,9,11-12H,4,7-8,10,13H2,1-3H3. The van der Waals surface area contributed by atoms with Crippen LogP contribution in [0.5, 0.6) is 17.2 Å². The highest BCUT2D eigenvalue weighted by Gasteiger charge is 2.18. The van der Waals surface area contributed by atoms with Crippen molar-refractivity contribution in [2.75, 3.05) is 26.9 Å². The summed E-state index contributed by atoms with van der Waals surface area (Å²) in [6, 6.07) is 9.26. The van der Waals surface area contributed by atoms with Gasteiger partial charge in [0.15, 0.2) is 16.3 Å². The molecule has 0 fully saturated rings. The number of aryl methyl sites for hydroxylation is 1. The number of methoxy groups -OCH3 is 1. The molecule has 0 radical (unpaired) electrons. The topological polar surface area (TPSA) is 88.4 Å². The lowest BCUT2D eigenvalue weighted by Crippen LogP contribution is -2.23. The summed E-state index contributed by atoms with van der Waals surface area (Å²) in [6.07, 6.45) is 0.140. The fraction of sp³-hybridized carbons (Fsp3) is 0.348. The second kappa shape index (κ2) is 9.44. The highest BCUT2D eigenvalue weighted by Crippen LogP contribution is 2.35. The molecule has 8 nitrogen and oxygen atoms in total. The summed E-state index contributed by atoms with van der Waals surface area (Å²) in [6.45, 7) is 4.83. The molecule has 1 aromatic heterocycles. The van der Waals surface area contributed by atoms with Crippen molar-refractivity contribution in [1.29, 1.82) is 0 Å². The van der Waals surface area contributed by atoms with Crippen LogP contribution in [-0.2, 0) is 27.3 Å². The summed E-state index contributed by atoms with van der Waals surface area (Å²) in [5.74, 6) is 1.30. The Bertz CT molecular complexity index is 1240. The van der Waals surface area contributed by atoms with E-state index >= 15 is 0 Å². The zero-order valence-corrected chi connectivity index (χ0v) is 19.0. The number of rotatable bonds is 6. The Morgan fingerprint density at radius 2 is 1.91 bits per heavy atom. The van der Waals surface area contributed by atoms with E-state index in [0.29, 0.717) is 29.5 Å². The van der Waals surface area contributed by atoms with E-state index in [-0.39, 0.29) is 25.5 Å². The highest BCUT2D eigenvalue weighted by molar-refractivity contribution is 7.16. The molecule has 0 atom stereocenters. The lowest BCUT2D eigenvalue weighted by Gasteiger charge is -2.18. The second-order valence-corrected chi connectivity index (χ2v) is 8.23. The molecule has 0 aliphatic carbocycles. The van der Waals surface area contributed by atoms with Gasteiger partial charge in [0.25, 0.3) is 5.91 Å². The first-order valence-electron chi connectivity index (χ1n) is 10.3. The fourth-order valence-electron chi connectivity index (χ4n) is 3.55. The molecule has 0 saturated carbocycles. The number of fused-ring (bicyclic) bond motifs is 2. The maximum atomic E-state index is 12.8. The number of esters is 1. The van der Waals surface area contributed by atoms with Crippen molar-refractivity contribution in [1.82, 2.24) is 4.57 Å². The molecule has 2 heterocycles. The third-order valence-electron chi connectivity index (χ3n) is 4.97. The van der Waals surface area contributed by atoms with E-state index in [2.05, 4.69) is 4.99 Å². The van der Waals surface area contributed by atoms with Crippen LogP contribution in [0, 0.1) is 6.92 Å². The number of hydrogen-bond donors (Lipinski definition) is 0. The minimum absolute atomic E-state index is 0.0543. The maximum absolute atomic E-state index is 12.8. The normalized spacial score (nSPS) is 13.3. The van der Waals surface area contributed by atoms with Gasteiger partial charge in [-0.05, 0) is 31.0 Å². The van der Waals surface area contributed by atoms with Gasteiger partial charge in [-0.2, -0.15) is 4.99 Å². The first-order chi connectivity index (χ1) is 15.5. The Kier molecular flexibility index (Phi) is 6.45. The number of ether oxygens (including phenoxy) is 4. The molecular formula is C23H24N2O6S. The average molecular weight is 457 g/mol. The van der Waals surface area contributed by atoms with Gasteiger partial charge in [-0.1, -0.05) is 23.5 Å². The number of amides is 1. The third-order valence-corrected chi connectivity index (χ3v) is 6.02. The van der Waals surface area contributed by atoms with Crippen molar-refractivity contribution < 1.29 is 28.5 Å². The Labute approximate surface area is 189 Å². The summed E-state index contributed by atoms with van der Waals surface area (Å²) in [4.78, 5) is 29.8. The van der Waals surface area contributed by atoms with Gasteiger partial charge >= 0.3 is 5.97 Å². The summed E-state index contributed by atoms with van der Waals surface area (Å²) in [5, 5.41) is 0. The summed E-state index contributed by atoms with van der Waals surface area (Å²) < 4.78 is 24.3. The molecule has 168 valence electrons. The van der Waals surface area contributed by atoms with Gasteiger partial charge in [-0.3, -0.25) is 9.59 Å². The van der Waals surface area contributed by atoms with Crippen LogP contribution in [0.4, 0.5) is 0 Å². The molecule has 1 aliphatic rings. The Balaban J connectivity index is 1.72. The fourth-order valence-corrected chi connectivity index (χ4v) is 4.61. The number of benzene rings is 2. The summed E-state index contributed by atoms with van der Waals surface area (Å²) in [7, 11) is 1.61. The number of hydrogen-bond acceptors (Lipinski definition) is 7. The molecule has 0 bridgehead atoms. The molecule has 1 amide bonds. The van der Waals surface area contributed by atoms with Crippen LogP contribution in [0.15, 0.2) is 35.3 Å². The molecule has 2 aromatic carbocycles. The van der Waals surface area contributed by atoms with Crippen LogP contribution in [0.1, 0.15) is 18.1 Å². The second-order valence-electron chi connectivity index (χ2n) is 7.23. The van der Waals surface area contributed by atoms with Gasteiger partial charge in [0.2, 0.25) is 0 Å². The number of nitrogens with zero attached hydrogens (tertiary/aromatic N) is 2. The Morgan fingerprint density at radius 1 is 1.16 bits per heavy atom. The van der Waals surface area contributed by atoms with E-state index < -0.39 is 5.97 Å². The first kappa shape index (κ1) is 21.9. The van der Waals surface area contributed by atoms with Crippen LogP contribution >= 0.6 is 11.3 Å². The van der Waals surface area contributed by atoms with E-state index in [1.165, 1.54) is 11.3 Å². The predicted octanol–water partition coefficient (Wildman–Crippen LogP) is 3.02. The van der Waals surface area contributed by atoms with Gasteiger partial charge in [0.05, 0.1) is 30.4 Å². The summed E-state index contributed by atoms with van der Waals surface area (Å²) in [5.41, 5.74) is 2.52. The molecular weight excluding hydrogens is 432 g/mol. The van der Waals surface area contributed by atoms with E-state index in [9.17, 15) is 9.59 Å². The summed E-state index contributed by atoms with van der Waals surface area (Å²) >= 11 is 1.32. The minimum Gasteiger partial charge on any atom is -0.496 e. The molecule has 1 aliphatic heterocycles. The molecule has 4 rings (SSSR count). The zero-order chi connectivity index (χ0) is 22.7. The van der Waals surface area contributed by atoms with Gasteiger partial charge < -0.3 is 23.5 Å². The molecule has 0 spiro atoms. The molecule has 9 heteroatoms. The monoisotopic (exact) mass is 456 g/mol. The van der Waals surface area contributed by atoms with Crippen molar-refractivity contribution in [3.05, 3.63) is 46.3 Å². The Morgan fingerprint density at radius 3 is 2.59 bits per heavy atom. The average Bonchev–Trinajstić information content (AvgIpc) is 3.08. The van der Waals surface area contributed by atoms with Gasteiger partial charge in [-0.15, -0.1) is 0 Å². The largest absolute Gasteiger partial charge is 0.496 e. The van der Waals surface area contributed by atoms with Crippen molar-refractivity contribution in [3.63, 3.8) is 0 Å². The molecule has 0 saturated heterocycles. The number of aromatic nitrogens is 1. The smallest absolute Gasteiger partial charge is 0.326 e. The molecule has 0 N–H and O–H groups in total. The van der Waals surface area contributed by atoms with Crippen LogP contribution < -0.4 is 19.0 Å².